The van der Waals surface area contributed by atoms with Crippen molar-refractivity contribution in [2.75, 3.05) is 19.6 Å². The first kappa shape index (κ1) is 11.0. The van der Waals surface area contributed by atoms with Crippen molar-refractivity contribution in [1.82, 2.24) is 10.2 Å². The predicted molar refractivity (Wildman–Crippen MR) is 58.1 cm³/mol. The zero-order chi connectivity index (χ0) is 9.68. The van der Waals surface area contributed by atoms with Crippen LogP contribution in [-0.4, -0.2) is 36.6 Å². The Kier molecular flexibility index (Phi) is 4.78. The van der Waals surface area contributed by atoms with Crippen molar-refractivity contribution in [2.45, 2.75) is 32.4 Å². The molecule has 0 aromatic carbocycles. The lowest BCUT2D eigenvalue weighted by molar-refractivity contribution is 0.230. The summed E-state index contributed by atoms with van der Waals surface area (Å²) in [6, 6.07) is 1.25. The van der Waals surface area contributed by atoms with E-state index in [0.29, 0.717) is 12.1 Å². The summed E-state index contributed by atoms with van der Waals surface area (Å²) < 4.78 is 0. The summed E-state index contributed by atoms with van der Waals surface area (Å²) in [6.07, 6.45) is 3.23. The SMILES string of the molecule is CC1CN(C/C=C/Cl)C(C)CCN1. The highest BCUT2D eigenvalue weighted by molar-refractivity contribution is 6.25. The number of hydrogen-bond donors (Lipinski definition) is 1. The summed E-state index contributed by atoms with van der Waals surface area (Å²) in [7, 11) is 0. The fourth-order valence-electron chi connectivity index (χ4n) is 1.75. The summed E-state index contributed by atoms with van der Waals surface area (Å²) in [5.41, 5.74) is 1.61. The van der Waals surface area contributed by atoms with Crippen molar-refractivity contribution in [3.63, 3.8) is 0 Å². The number of halogens is 1. The van der Waals surface area contributed by atoms with Crippen LogP contribution in [0.15, 0.2) is 11.6 Å². The molecule has 0 saturated carbocycles. The van der Waals surface area contributed by atoms with Crippen molar-refractivity contribution < 1.29 is 0 Å². The first-order valence-corrected chi connectivity index (χ1v) is 5.40. The van der Waals surface area contributed by atoms with E-state index in [0.717, 1.165) is 19.6 Å². The Morgan fingerprint density at radius 3 is 3.00 bits per heavy atom. The first-order chi connectivity index (χ1) is 6.24. The molecule has 0 amide bonds. The van der Waals surface area contributed by atoms with Crippen LogP contribution in [0.3, 0.4) is 0 Å². The lowest BCUT2D eigenvalue weighted by Crippen LogP contribution is -2.38. The van der Waals surface area contributed by atoms with Gasteiger partial charge in [0.15, 0.2) is 0 Å². The highest BCUT2D eigenvalue weighted by atomic mass is 35.5. The van der Waals surface area contributed by atoms with E-state index in [1.165, 1.54) is 6.42 Å². The first-order valence-electron chi connectivity index (χ1n) is 4.96. The molecule has 0 aromatic rings. The molecule has 1 aliphatic rings. The molecule has 1 fully saturated rings. The van der Waals surface area contributed by atoms with Crippen molar-refractivity contribution in [1.29, 1.82) is 0 Å². The molecule has 0 aliphatic carbocycles. The van der Waals surface area contributed by atoms with Gasteiger partial charge < -0.3 is 5.32 Å². The molecule has 0 radical (unpaired) electrons. The van der Waals surface area contributed by atoms with Gasteiger partial charge in [0.1, 0.15) is 0 Å². The van der Waals surface area contributed by atoms with Gasteiger partial charge in [-0.25, -0.2) is 0 Å². The van der Waals surface area contributed by atoms with Crippen LogP contribution in [0.1, 0.15) is 20.3 Å². The third kappa shape index (κ3) is 3.67. The van der Waals surface area contributed by atoms with Gasteiger partial charge in [-0.3, -0.25) is 4.90 Å². The van der Waals surface area contributed by atoms with Crippen LogP contribution in [0.25, 0.3) is 0 Å². The van der Waals surface area contributed by atoms with Crippen LogP contribution in [0.4, 0.5) is 0 Å². The molecule has 3 heteroatoms. The standard InChI is InChI=1S/C10H19ClN2/c1-9-8-13(7-3-5-11)10(2)4-6-12-9/h3,5,9-10,12H,4,6-8H2,1-2H3/b5-3+. The lowest BCUT2D eigenvalue weighted by Gasteiger charge is -2.26. The molecular weight excluding hydrogens is 184 g/mol. The van der Waals surface area contributed by atoms with Gasteiger partial charge in [0.25, 0.3) is 0 Å². The van der Waals surface area contributed by atoms with Crippen LogP contribution >= 0.6 is 11.6 Å². The molecule has 2 atom stereocenters. The number of hydrogen-bond acceptors (Lipinski definition) is 2. The molecule has 1 N–H and O–H groups in total. The molecule has 1 saturated heterocycles. The molecule has 76 valence electrons. The van der Waals surface area contributed by atoms with E-state index < -0.39 is 0 Å². The quantitative estimate of drug-likeness (QED) is 0.735. The third-order valence-corrected chi connectivity index (χ3v) is 2.79. The van der Waals surface area contributed by atoms with Gasteiger partial charge in [0.05, 0.1) is 0 Å². The second kappa shape index (κ2) is 5.63. The van der Waals surface area contributed by atoms with E-state index in [4.69, 9.17) is 11.6 Å². The molecule has 0 spiro atoms. The van der Waals surface area contributed by atoms with E-state index in [2.05, 4.69) is 24.1 Å². The normalized spacial score (nSPS) is 32.2. The van der Waals surface area contributed by atoms with Gasteiger partial charge in [-0.1, -0.05) is 17.7 Å². The Bertz CT molecular complexity index is 170. The maximum atomic E-state index is 5.52. The molecule has 1 heterocycles. The smallest absolute Gasteiger partial charge is 0.0178 e. The summed E-state index contributed by atoms with van der Waals surface area (Å²) in [5.74, 6) is 0. The highest BCUT2D eigenvalue weighted by Gasteiger charge is 2.18. The number of nitrogens with zero attached hydrogens (tertiary/aromatic N) is 1. The van der Waals surface area contributed by atoms with Crippen molar-refractivity contribution in [2.24, 2.45) is 0 Å². The Hall–Kier alpha value is -0.0500. The Labute approximate surface area is 85.9 Å². The zero-order valence-electron chi connectivity index (χ0n) is 8.46. The van der Waals surface area contributed by atoms with E-state index in [-0.39, 0.29) is 0 Å². The largest absolute Gasteiger partial charge is 0.313 e. The Morgan fingerprint density at radius 2 is 2.31 bits per heavy atom. The average molecular weight is 203 g/mol. The van der Waals surface area contributed by atoms with E-state index in [1.807, 2.05) is 6.08 Å². The molecule has 1 rings (SSSR count). The molecule has 2 nitrogen and oxygen atoms in total. The number of rotatable bonds is 2. The van der Waals surface area contributed by atoms with Gasteiger partial charge in [0.2, 0.25) is 0 Å². The molecular formula is C10H19ClN2. The second-order valence-electron chi connectivity index (χ2n) is 3.81. The average Bonchev–Trinajstić information content (AvgIpc) is 2.25. The summed E-state index contributed by atoms with van der Waals surface area (Å²) in [6.45, 7) is 7.72. The van der Waals surface area contributed by atoms with Gasteiger partial charge in [0, 0.05) is 30.7 Å². The minimum Gasteiger partial charge on any atom is -0.313 e. The number of nitrogens with one attached hydrogen (secondary N) is 1. The Morgan fingerprint density at radius 1 is 1.54 bits per heavy atom. The summed E-state index contributed by atoms with van der Waals surface area (Å²) >= 11 is 5.52. The van der Waals surface area contributed by atoms with Crippen LogP contribution in [0.2, 0.25) is 0 Å². The minimum atomic E-state index is 0.591. The predicted octanol–water partition coefficient (Wildman–Crippen LogP) is 1.81. The van der Waals surface area contributed by atoms with E-state index in [9.17, 15) is 0 Å². The van der Waals surface area contributed by atoms with E-state index >= 15 is 0 Å². The van der Waals surface area contributed by atoms with Crippen molar-refractivity contribution in [3.05, 3.63) is 11.6 Å². The molecule has 0 aromatic heterocycles. The topological polar surface area (TPSA) is 15.3 Å². The van der Waals surface area contributed by atoms with Crippen LogP contribution < -0.4 is 5.32 Å². The minimum absolute atomic E-state index is 0.591. The molecule has 2 unspecified atom stereocenters. The summed E-state index contributed by atoms with van der Waals surface area (Å²) in [5, 5.41) is 3.48. The Balaban J connectivity index is 2.46. The van der Waals surface area contributed by atoms with Crippen molar-refractivity contribution >= 4 is 11.6 Å². The fourth-order valence-corrected chi connectivity index (χ4v) is 1.83. The van der Waals surface area contributed by atoms with Gasteiger partial charge in [-0.05, 0) is 26.8 Å². The fraction of sp³-hybridized carbons (Fsp3) is 0.800. The molecule has 0 bridgehead atoms. The lowest BCUT2D eigenvalue weighted by atomic mass is 10.2. The maximum absolute atomic E-state index is 5.52. The highest BCUT2D eigenvalue weighted by Crippen LogP contribution is 2.08. The van der Waals surface area contributed by atoms with Gasteiger partial charge in [-0.15, -0.1) is 0 Å². The summed E-state index contributed by atoms with van der Waals surface area (Å²) in [4.78, 5) is 2.46. The maximum Gasteiger partial charge on any atom is 0.0178 e. The van der Waals surface area contributed by atoms with E-state index in [1.54, 1.807) is 5.54 Å². The van der Waals surface area contributed by atoms with Crippen LogP contribution in [-0.2, 0) is 0 Å². The van der Waals surface area contributed by atoms with Crippen molar-refractivity contribution in [3.8, 4) is 0 Å². The second-order valence-corrected chi connectivity index (χ2v) is 4.06. The van der Waals surface area contributed by atoms with Gasteiger partial charge in [-0.2, -0.15) is 0 Å². The third-order valence-electron chi connectivity index (χ3n) is 2.62. The van der Waals surface area contributed by atoms with Gasteiger partial charge >= 0.3 is 0 Å². The monoisotopic (exact) mass is 202 g/mol. The van der Waals surface area contributed by atoms with Crippen LogP contribution in [0.5, 0.6) is 0 Å². The molecule has 13 heavy (non-hydrogen) atoms. The van der Waals surface area contributed by atoms with Crippen LogP contribution in [0, 0.1) is 0 Å². The zero-order valence-corrected chi connectivity index (χ0v) is 9.22. The molecule has 1 aliphatic heterocycles.